The Morgan fingerprint density at radius 2 is 1.77 bits per heavy atom. The van der Waals surface area contributed by atoms with Crippen LogP contribution < -0.4 is 5.73 Å². The van der Waals surface area contributed by atoms with Gasteiger partial charge in [-0.3, -0.25) is 14.4 Å². The minimum atomic E-state index is -1.39. The average molecular weight is 556 g/mol. The number of hydrogen-bond acceptors (Lipinski definition) is 7. The van der Waals surface area contributed by atoms with Crippen LogP contribution in [0.25, 0.3) is 0 Å². The van der Waals surface area contributed by atoms with E-state index in [-0.39, 0.29) is 40.8 Å². The maximum Gasteiger partial charge on any atom is 0.323 e. The van der Waals surface area contributed by atoms with Crippen molar-refractivity contribution in [3.05, 3.63) is 35.4 Å². The van der Waals surface area contributed by atoms with Gasteiger partial charge in [-0.25, -0.2) is 0 Å². The molecule has 0 aromatic heterocycles. The van der Waals surface area contributed by atoms with Crippen LogP contribution in [0.4, 0.5) is 0 Å². The number of phenolic OH excluding ortho intramolecular Hbond substituents is 2. The summed E-state index contributed by atoms with van der Waals surface area (Å²) in [7, 11) is 0. The summed E-state index contributed by atoms with van der Waals surface area (Å²) in [5.41, 5.74) is 6.53. The maximum atomic E-state index is 11.9. The van der Waals surface area contributed by atoms with E-state index in [0.717, 1.165) is 38.0 Å². The number of hydrogen-bond donors (Lipinski definition) is 4. The molecule has 8 nitrogen and oxygen atoms in total. The summed E-state index contributed by atoms with van der Waals surface area (Å²) in [5.74, 6) is 0.770. The second-order valence-electron chi connectivity index (χ2n) is 13.1. The van der Waals surface area contributed by atoms with Crippen LogP contribution in [-0.2, 0) is 25.5 Å². The first-order valence-electron chi connectivity index (χ1n) is 14.7. The number of carboxylic acids is 1. The number of carboxylic acid groups (broad SMARTS) is 1. The topological polar surface area (TPSA) is 147 Å². The van der Waals surface area contributed by atoms with Crippen LogP contribution in [0.2, 0.25) is 0 Å². The van der Waals surface area contributed by atoms with Gasteiger partial charge in [0, 0.05) is 24.7 Å². The van der Waals surface area contributed by atoms with Crippen LogP contribution in [0.5, 0.6) is 11.5 Å². The molecule has 0 radical (unpaired) electrons. The lowest BCUT2D eigenvalue weighted by molar-refractivity contribution is -0.159. The highest BCUT2D eigenvalue weighted by Gasteiger charge is 2.59. The SMILES string of the molecule is CC(N)(Cc1ccc(O)c(O)c1)C(=O)O.CCC(=O)OC1CCC2C3CCC4=CC(=O)CCC4(C)C3CCC12C. The first-order chi connectivity index (χ1) is 18.7. The van der Waals surface area contributed by atoms with E-state index >= 15 is 0 Å². The largest absolute Gasteiger partial charge is 0.504 e. The highest BCUT2D eigenvalue weighted by molar-refractivity contribution is 5.91. The third-order valence-corrected chi connectivity index (χ3v) is 10.5. The molecule has 0 aliphatic heterocycles. The van der Waals surface area contributed by atoms with E-state index in [1.165, 1.54) is 50.0 Å². The summed E-state index contributed by atoms with van der Waals surface area (Å²) < 4.78 is 5.86. The lowest BCUT2D eigenvalue weighted by Gasteiger charge is -2.57. The Kier molecular flexibility index (Phi) is 8.42. The third kappa shape index (κ3) is 5.65. The molecule has 1 aromatic carbocycles. The fourth-order valence-electron chi connectivity index (χ4n) is 8.13. The van der Waals surface area contributed by atoms with Crippen LogP contribution in [0.1, 0.15) is 91.0 Å². The number of ether oxygens (including phenoxy) is 1. The summed E-state index contributed by atoms with van der Waals surface area (Å²) in [6.45, 7) is 8.08. The number of phenols is 2. The van der Waals surface area contributed by atoms with E-state index in [1.54, 1.807) is 0 Å². The molecule has 0 bridgehead atoms. The lowest BCUT2D eigenvalue weighted by atomic mass is 9.47. The Hall–Kier alpha value is -2.87. The van der Waals surface area contributed by atoms with E-state index in [2.05, 4.69) is 13.8 Å². The van der Waals surface area contributed by atoms with Gasteiger partial charge in [0.25, 0.3) is 0 Å². The first-order valence-corrected chi connectivity index (χ1v) is 14.7. The molecule has 0 heterocycles. The van der Waals surface area contributed by atoms with Crippen molar-refractivity contribution >= 4 is 17.7 Å². The molecule has 220 valence electrons. The second-order valence-corrected chi connectivity index (χ2v) is 13.1. The Labute approximate surface area is 237 Å². The van der Waals surface area contributed by atoms with Crippen LogP contribution in [-0.4, -0.2) is 44.7 Å². The van der Waals surface area contributed by atoms with Crippen LogP contribution >= 0.6 is 0 Å². The number of aromatic hydroxyl groups is 2. The van der Waals surface area contributed by atoms with Crippen LogP contribution in [0.15, 0.2) is 29.8 Å². The summed E-state index contributed by atoms with van der Waals surface area (Å²) in [4.78, 5) is 34.5. The number of rotatable bonds is 5. The van der Waals surface area contributed by atoms with Gasteiger partial charge in [0.1, 0.15) is 11.6 Å². The fraction of sp³-hybridized carbons (Fsp3) is 0.656. The van der Waals surface area contributed by atoms with Crippen molar-refractivity contribution in [3.8, 4) is 11.5 Å². The molecule has 5 rings (SSSR count). The van der Waals surface area contributed by atoms with Gasteiger partial charge in [-0.15, -0.1) is 0 Å². The summed E-state index contributed by atoms with van der Waals surface area (Å²) in [5, 5.41) is 27.0. The van der Waals surface area contributed by atoms with Gasteiger partial charge in [-0.2, -0.15) is 0 Å². The number of esters is 1. The molecule has 3 saturated carbocycles. The second kappa shape index (κ2) is 11.2. The Morgan fingerprint density at radius 1 is 1.05 bits per heavy atom. The fourth-order valence-corrected chi connectivity index (χ4v) is 8.13. The van der Waals surface area contributed by atoms with E-state index in [4.69, 9.17) is 20.7 Å². The van der Waals surface area contributed by atoms with Crippen LogP contribution in [0.3, 0.4) is 0 Å². The predicted molar refractivity (Wildman–Crippen MR) is 151 cm³/mol. The number of fused-ring (bicyclic) bond motifs is 5. The highest BCUT2D eigenvalue weighted by Crippen LogP contribution is 2.65. The first kappa shape index (κ1) is 30.1. The number of carbonyl (C=O) groups is 3. The summed E-state index contributed by atoms with van der Waals surface area (Å²) in [6, 6.07) is 4.11. The predicted octanol–water partition coefficient (Wildman–Crippen LogP) is 5.28. The van der Waals surface area contributed by atoms with Crippen molar-refractivity contribution in [2.45, 2.75) is 104 Å². The van der Waals surface area contributed by atoms with E-state index < -0.39 is 11.5 Å². The summed E-state index contributed by atoms with van der Waals surface area (Å²) >= 11 is 0. The molecule has 40 heavy (non-hydrogen) atoms. The van der Waals surface area contributed by atoms with Crippen molar-refractivity contribution in [3.63, 3.8) is 0 Å². The normalized spacial score (nSPS) is 34.1. The molecular weight excluding hydrogens is 510 g/mol. The zero-order valence-corrected chi connectivity index (χ0v) is 24.2. The quantitative estimate of drug-likeness (QED) is 0.283. The average Bonchev–Trinajstić information content (AvgIpc) is 3.22. The standard InChI is InChI=1S/C22H32O3.C10H13NO4/c1-4-20(24)25-19-8-7-17-16-6-5-14-13-15(23)9-11-21(14,2)18(16)10-12-22(17,19)3;1-10(11,9(14)15)5-6-2-3-7(12)8(13)4-6/h13,16-19H,4-12H2,1-3H3;2-4,12-13H,5,11H2,1H3,(H,14,15). The number of carbonyl (C=O) groups excluding carboxylic acids is 2. The van der Waals surface area contributed by atoms with Crippen molar-refractivity contribution in [2.24, 2.45) is 34.3 Å². The molecular formula is C32H45NO7. The smallest absolute Gasteiger partial charge is 0.323 e. The molecule has 8 heteroatoms. The number of ketones is 1. The molecule has 0 amide bonds. The molecule has 3 fully saturated rings. The van der Waals surface area contributed by atoms with E-state index in [1.807, 2.05) is 13.0 Å². The molecule has 7 unspecified atom stereocenters. The molecule has 0 saturated heterocycles. The van der Waals surface area contributed by atoms with Gasteiger partial charge >= 0.3 is 11.9 Å². The highest BCUT2D eigenvalue weighted by atomic mass is 16.5. The van der Waals surface area contributed by atoms with Crippen molar-refractivity contribution in [2.75, 3.05) is 0 Å². The maximum absolute atomic E-state index is 11.9. The Morgan fingerprint density at radius 3 is 2.42 bits per heavy atom. The minimum absolute atomic E-state index is 0.0411. The zero-order chi connectivity index (χ0) is 29.5. The molecule has 4 aliphatic carbocycles. The van der Waals surface area contributed by atoms with Gasteiger partial charge in [0.15, 0.2) is 17.3 Å². The van der Waals surface area contributed by atoms with Gasteiger partial charge < -0.3 is 25.8 Å². The zero-order valence-electron chi connectivity index (χ0n) is 24.2. The monoisotopic (exact) mass is 555 g/mol. The van der Waals surface area contributed by atoms with Crippen LogP contribution in [0, 0.1) is 28.6 Å². The molecule has 0 spiro atoms. The Bertz CT molecular complexity index is 1190. The lowest BCUT2D eigenvalue weighted by Crippen LogP contribution is -2.51. The molecule has 5 N–H and O–H groups in total. The number of aliphatic carboxylic acids is 1. The number of benzene rings is 1. The number of allylic oxidation sites excluding steroid dienone is 1. The third-order valence-electron chi connectivity index (χ3n) is 10.5. The van der Waals surface area contributed by atoms with Gasteiger partial charge in [0.2, 0.25) is 0 Å². The summed E-state index contributed by atoms with van der Waals surface area (Å²) in [6.07, 6.45) is 11.3. The van der Waals surface area contributed by atoms with Gasteiger partial charge in [-0.1, -0.05) is 32.4 Å². The molecule has 7 atom stereocenters. The number of nitrogens with two attached hydrogens (primary N) is 1. The van der Waals surface area contributed by atoms with Crippen molar-refractivity contribution < 1.29 is 34.4 Å². The van der Waals surface area contributed by atoms with Crippen molar-refractivity contribution in [1.82, 2.24) is 0 Å². The molecule has 1 aromatic rings. The minimum Gasteiger partial charge on any atom is -0.504 e. The van der Waals surface area contributed by atoms with Gasteiger partial charge in [-0.05, 0) is 98.8 Å². The van der Waals surface area contributed by atoms with E-state index in [9.17, 15) is 19.5 Å². The Balaban J connectivity index is 0.000000212. The van der Waals surface area contributed by atoms with Gasteiger partial charge in [0.05, 0.1) is 0 Å². The molecule has 4 aliphatic rings. The van der Waals surface area contributed by atoms with E-state index in [0.29, 0.717) is 29.6 Å². The van der Waals surface area contributed by atoms with Crippen molar-refractivity contribution in [1.29, 1.82) is 0 Å².